The van der Waals surface area contributed by atoms with E-state index in [1.54, 1.807) is 19.2 Å². The zero-order valence-electron chi connectivity index (χ0n) is 21.8. The van der Waals surface area contributed by atoms with Crippen molar-refractivity contribution in [2.75, 3.05) is 32.6 Å². The number of thioether (sulfide) groups is 1. The van der Waals surface area contributed by atoms with Crippen molar-refractivity contribution in [1.29, 1.82) is 16.2 Å². The van der Waals surface area contributed by atoms with Gasteiger partial charge >= 0.3 is 0 Å². The van der Waals surface area contributed by atoms with Gasteiger partial charge in [0.25, 0.3) is 12.3 Å². The molecular weight excluding hydrogens is 524 g/mol. The molecule has 6 N–H and O–H groups in total. The van der Waals surface area contributed by atoms with Gasteiger partial charge in [-0.2, -0.15) is 0 Å². The molecule has 0 unspecified atom stereocenters. The number of rotatable bonds is 9. The van der Waals surface area contributed by atoms with Crippen molar-refractivity contribution in [1.82, 2.24) is 10.3 Å². The fourth-order valence-corrected chi connectivity index (χ4v) is 4.04. The van der Waals surface area contributed by atoms with Gasteiger partial charge in [-0.25, -0.2) is 8.78 Å². The molecule has 1 amide bonds. The van der Waals surface area contributed by atoms with Crippen LogP contribution in [0.1, 0.15) is 35.3 Å². The summed E-state index contributed by atoms with van der Waals surface area (Å²) in [6.45, 7) is 0.389. The van der Waals surface area contributed by atoms with Gasteiger partial charge in [-0.15, -0.1) is 0 Å². The van der Waals surface area contributed by atoms with Crippen molar-refractivity contribution in [2.45, 2.75) is 19.3 Å². The zero-order chi connectivity index (χ0) is 28.5. The molecular formula is C27H30F2N7O2S+. The summed E-state index contributed by atoms with van der Waals surface area (Å²) in [5, 5.41) is 27.7. The van der Waals surface area contributed by atoms with Gasteiger partial charge in [0.1, 0.15) is 16.5 Å². The second-order valence-electron chi connectivity index (χ2n) is 8.67. The number of hydrogen-bond donors (Lipinski definition) is 5. The number of hydrogen-bond acceptors (Lipinski definition) is 8. The molecule has 2 aromatic rings. The predicted molar refractivity (Wildman–Crippen MR) is 150 cm³/mol. The van der Waals surface area contributed by atoms with Crippen molar-refractivity contribution in [3.63, 3.8) is 0 Å². The van der Waals surface area contributed by atoms with Crippen LogP contribution < -0.4 is 20.3 Å². The summed E-state index contributed by atoms with van der Waals surface area (Å²) in [5.74, 6) is 5.46. The van der Waals surface area contributed by atoms with E-state index in [9.17, 15) is 13.6 Å². The van der Waals surface area contributed by atoms with Gasteiger partial charge in [0.2, 0.25) is 0 Å². The minimum atomic E-state index is -2.84. The molecule has 1 aromatic carbocycles. The van der Waals surface area contributed by atoms with Crippen LogP contribution in [0.25, 0.3) is 11.1 Å². The molecule has 1 heterocycles. The number of nitrogens with two attached hydrogens (primary N) is 1. The first kappa shape index (κ1) is 29.5. The van der Waals surface area contributed by atoms with E-state index in [2.05, 4.69) is 22.1 Å². The largest absolute Gasteiger partial charge is 0.494 e. The van der Waals surface area contributed by atoms with E-state index in [-0.39, 0.29) is 27.1 Å². The number of benzene rings is 1. The molecule has 0 atom stereocenters. The first-order valence-corrected chi connectivity index (χ1v) is 12.8. The summed E-state index contributed by atoms with van der Waals surface area (Å²) in [4.78, 5) is 18.9. The topological polar surface area (TPSA) is 143 Å². The maximum Gasteiger partial charge on any atom is 0.280 e. The Bertz CT molecular complexity index is 1360. The first-order chi connectivity index (χ1) is 18.7. The van der Waals surface area contributed by atoms with Crippen LogP contribution in [0.3, 0.4) is 0 Å². The Balaban J connectivity index is 1.99. The van der Waals surface area contributed by atoms with Gasteiger partial charge in [0, 0.05) is 53.7 Å². The number of amides is 1. The number of anilines is 1. The van der Waals surface area contributed by atoms with Gasteiger partial charge in [0.05, 0.1) is 26.6 Å². The summed E-state index contributed by atoms with van der Waals surface area (Å²) in [5.41, 5.74) is 1.56. The number of amidine groups is 1. The number of aromatic nitrogens is 1. The molecule has 1 aliphatic carbocycles. The molecule has 12 heteroatoms. The lowest BCUT2D eigenvalue weighted by Crippen LogP contribution is -2.73. The van der Waals surface area contributed by atoms with Crippen LogP contribution in [0.2, 0.25) is 0 Å². The molecule has 3 rings (SSSR count). The summed E-state index contributed by atoms with van der Waals surface area (Å²) in [7, 11) is 5.03. The highest BCUT2D eigenvalue weighted by atomic mass is 32.2. The van der Waals surface area contributed by atoms with Crippen molar-refractivity contribution >= 4 is 39.8 Å². The Hall–Kier alpha value is -4.08. The average Bonchev–Trinajstić information content (AvgIpc) is 3.75. The molecule has 1 saturated carbocycles. The van der Waals surface area contributed by atoms with Crippen LogP contribution in [0, 0.1) is 34.0 Å². The summed E-state index contributed by atoms with van der Waals surface area (Å²) < 4.78 is 32.5. The number of quaternary nitrogens is 1. The summed E-state index contributed by atoms with van der Waals surface area (Å²) in [6, 6.07) is 6.07. The zero-order valence-corrected chi connectivity index (χ0v) is 22.6. The third-order valence-electron chi connectivity index (χ3n) is 5.70. The Morgan fingerprint density at radius 3 is 2.69 bits per heavy atom. The van der Waals surface area contributed by atoms with Gasteiger partial charge in [-0.05, 0) is 54.8 Å². The molecule has 0 bridgehead atoms. The van der Waals surface area contributed by atoms with E-state index in [0.29, 0.717) is 23.7 Å². The fraction of sp³-hybridized carbons (Fsp3) is 0.296. The number of nitrogens with one attached hydrogen (secondary N) is 4. The number of methoxy groups -OCH3 is 1. The second kappa shape index (κ2) is 13.6. The maximum absolute atomic E-state index is 13.5. The lowest BCUT2D eigenvalue weighted by Gasteiger charge is -2.22. The number of halogens is 2. The lowest BCUT2D eigenvalue weighted by molar-refractivity contribution is -0.557. The van der Waals surface area contributed by atoms with Gasteiger partial charge in [-0.1, -0.05) is 5.92 Å². The monoisotopic (exact) mass is 554 g/mol. The number of carbonyl (C=O) groups is 1. The van der Waals surface area contributed by atoms with E-state index in [1.165, 1.54) is 31.7 Å². The highest BCUT2D eigenvalue weighted by Gasteiger charge is 2.22. The first-order valence-electron chi connectivity index (χ1n) is 12.0. The highest BCUT2D eigenvalue weighted by Crippen LogP contribution is 2.36. The summed E-state index contributed by atoms with van der Waals surface area (Å²) in [6.07, 6.45) is 3.41. The molecule has 1 fully saturated rings. The molecule has 39 heavy (non-hydrogen) atoms. The summed E-state index contributed by atoms with van der Waals surface area (Å²) >= 11 is 0.719. The van der Waals surface area contributed by atoms with Crippen molar-refractivity contribution < 1.29 is 23.6 Å². The fourth-order valence-electron chi connectivity index (χ4n) is 3.59. The smallest absolute Gasteiger partial charge is 0.280 e. The number of likely N-dealkylation sites (N-methyl/N-ethyl adjacent to an activating group) is 1. The predicted octanol–water partition coefficient (Wildman–Crippen LogP) is 3.65. The number of alkyl halides is 2. The number of carbonyl (C=O) groups excluding carboxylic acids is 1. The molecule has 1 aromatic heterocycles. The SMILES string of the molecule is C[NH2+]/C=C(\C=N)CN(C)c1ccc(C(=O)NC(=N)SC(=N)C#CC2CC2)c(-c2cc(C(F)F)ncc2OC)c1. The Labute approximate surface area is 229 Å². The Kier molecular flexibility index (Phi) is 10.3. The van der Waals surface area contributed by atoms with Gasteiger partial charge < -0.3 is 25.7 Å². The van der Waals surface area contributed by atoms with Crippen LogP contribution in [-0.2, 0) is 0 Å². The Morgan fingerprint density at radius 2 is 2.08 bits per heavy atom. The normalized spacial score (nSPS) is 12.8. The van der Waals surface area contributed by atoms with E-state index in [4.69, 9.17) is 21.0 Å². The molecule has 9 nitrogen and oxygen atoms in total. The van der Waals surface area contributed by atoms with E-state index in [0.717, 1.165) is 30.2 Å². The molecule has 0 spiro atoms. The number of nitrogens with zero attached hydrogens (tertiary/aromatic N) is 2. The van der Waals surface area contributed by atoms with Crippen LogP contribution >= 0.6 is 11.8 Å². The van der Waals surface area contributed by atoms with Gasteiger partial charge in [-0.3, -0.25) is 20.6 Å². The van der Waals surface area contributed by atoms with E-state index in [1.807, 2.05) is 23.5 Å². The van der Waals surface area contributed by atoms with Gasteiger partial charge in [0.15, 0.2) is 5.17 Å². The maximum atomic E-state index is 13.5. The van der Waals surface area contributed by atoms with Crippen molar-refractivity contribution in [3.8, 4) is 28.7 Å². The Morgan fingerprint density at radius 1 is 1.33 bits per heavy atom. The van der Waals surface area contributed by atoms with Crippen LogP contribution in [-0.4, -0.2) is 55.1 Å². The molecule has 1 aliphatic rings. The van der Waals surface area contributed by atoms with E-state index < -0.39 is 18.0 Å². The third kappa shape index (κ3) is 8.20. The number of pyridine rings is 1. The second-order valence-corrected chi connectivity index (χ2v) is 9.69. The number of ether oxygens (including phenoxy) is 1. The standard InChI is InChI=1S/C27H29F2N7O2S/c1-33-13-17(12-30)15-36(2)18-7-8-19(26(37)35-27(32)39-24(31)9-6-16-4-5-16)20(10-18)21-11-22(25(28)29)34-14-23(21)38-3/h7-8,10-14,16,25,30-31,33H,4-5,15H2,1-3H3,(H2,32,35,37)/p+1/b17-13+,30-12?,31-24?. The van der Waals surface area contributed by atoms with E-state index >= 15 is 0 Å². The van der Waals surface area contributed by atoms with Crippen molar-refractivity contribution in [2.24, 2.45) is 5.92 Å². The van der Waals surface area contributed by atoms with Crippen LogP contribution in [0.4, 0.5) is 14.5 Å². The highest BCUT2D eigenvalue weighted by molar-refractivity contribution is 8.26. The minimum Gasteiger partial charge on any atom is -0.494 e. The van der Waals surface area contributed by atoms with Crippen LogP contribution in [0.5, 0.6) is 5.75 Å². The molecule has 0 radical (unpaired) electrons. The third-order valence-corrected chi connectivity index (χ3v) is 6.31. The van der Waals surface area contributed by atoms with Crippen molar-refractivity contribution in [3.05, 3.63) is 53.5 Å². The average molecular weight is 555 g/mol. The quantitative estimate of drug-likeness (QED) is 0.183. The lowest BCUT2D eigenvalue weighted by atomic mass is 9.97. The molecule has 204 valence electrons. The molecule has 0 saturated heterocycles. The molecule has 0 aliphatic heterocycles. The van der Waals surface area contributed by atoms with Crippen LogP contribution in [0.15, 0.2) is 42.2 Å². The minimum absolute atomic E-state index is 0.0545.